The van der Waals surface area contributed by atoms with Gasteiger partial charge < -0.3 is 15.2 Å². The highest BCUT2D eigenvalue weighted by Gasteiger charge is 2.34. The van der Waals surface area contributed by atoms with Gasteiger partial charge >= 0.3 is 0 Å². The molecule has 0 unspecified atom stereocenters. The van der Waals surface area contributed by atoms with Crippen molar-refractivity contribution >= 4 is 5.91 Å². The summed E-state index contributed by atoms with van der Waals surface area (Å²) < 4.78 is 0. The Bertz CT molecular complexity index is 563. The van der Waals surface area contributed by atoms with Crippen LogP contribution in [-0.4, -0.2) is 47.0 Å². The lowest BCUT2D eigenvalue weighted by Crippen LogP contribution is -2.38. The summed E-state index contributed by atoms with van der Waals surface area (Å²) >= 11 is 0. The summed E-state index contributed by atoms with van der Waals surface area (Å²) in [5.41, 5.74) is 0.372. The molecule has 2 aliphatic rings. The van der Waals surface area contributed by atoms with E-state index in [2.05, 4.69) is 15.3 Å². The minimum atomic E-state index is -0.328. The molecule has 2 saturated heterocycles. The van der Waals surface area contributed by atoms with Crippen LogP contribution in [0.2, 0.25) is 0 Å². The molecule has 6 nitrogen and oxygen atoms in total. The molecule has 1 amide bonds. The molecule has 3 heterocycles. The van der Waals surface area contributed by atoms with Crippen molar-refractivity contribution in [3.8, 4) is 0 Å². The zero-order valence-corrected chi connectivity index (χ0v) is 12.2. The zero-order chi connectivity index (χ0) is 14.7. The predicted octanol–water partition coefficient (Wildman–Crippen LogP) is 0.766. The maximum atomic E-state index is 12.5. The van der Waals surface area contributed by atoms with Crippen LogP contribution in [0.5, 0.6) is 0 Å². The van der Waals surface area contributed by atoms with E-state index in [1.807, 2.05) is 4.90 Å². The first-order valence-electron chi connectivity index (χ1n) is 7.73. The lowest BCUT2D eigenvalue weighted by Gasteiger charge is -2.37. The maximum Gasteiger partial charge on any atom is 0.271 e. The van der Waals surface area contributed by atoms with E-state index in [4.69, 9.17) is 0 Å². The number of aromatic amines is 1. The van der Waals surface area contributed by atoms with Crippen LogP contribution in [0, 0.1) is 5.41 Å². The normalized spacial score (nSPS) is 22.0. The number of piperidine rings is 1. The first-order valence-corrected chi connectivity index (χ1v) is 7.73. The standard InChI is InChI=1S/C15H22N4O2/c20-13-11-17-10-12(18-13)14(21)19-8-1-2-15(5-9-19)3-6-16-7-4-15/h10-11,16H,1-9H2,(H,18,20). The molecule has 2 N–H and O–H groups in total. The Morgan fingerprint density at radius 2 is 1.95 bits per heavy atom. The number of aromatic nitrogens is 2. The summed E-state index contributed by atoms with van der Waals surface area (Å²) in [5, 5.41) is 3.41. The third kappa shape index (κ3) is 3.15. The molecule has 0 radical (unpaired) electrons. The maximum absolute atomic E-state index is 12.5. The van der Waals surface area contributed by atoms with Crippen molar-refractivity contribution < 1.29 is 4.79 Å². The van der Waals surface area contributed by atoms with Crippen molar-refractivity contribution in [1.82, 2.24) is 20.2 Å². The van der Waals surface area contributed by atoms with Gasteiger partial charge in [-0.1, -0.05) is 0 Å². The molecule has 0 saturated carbocycles. The van der Waals surface area contributed by atoms with E-state index in [1.165, 1.54) is 31.7 Å². The van der Waals surface area contributed by atoms with E-state index in [0.29, 0.717) is 11.1 Å². The Morgan fingerprint density at radius 1 is 1.14 bits per heavy atom. The molecule has 1 spiro atoms. The highest BCUT2D eigenvalue weighted by Crippen LogP contribution is 2.39. The summed E-state index contributed by atoms with van der Waals surface area (Å²) in [5.74, 6) is -0.105. The third-order valence-corrected chi connectivity index (χ3v) is 4.88. The molecule has 3 rings (SSSR count). The summed E-state index contributed by atoms with van der Waals surface area (Å²) in [6, 6.07) is 0. The fourth-order valence-electron chi connectivity index (χ4n) is 3.57. The number of carbonyl (C=O) groups is 1. The zero-order valence-electron chi connectivity index (χ0n) is 12.2. The number of hydrogen-bond acceptors (Lipinski definition) is 4. The molecule has 0 bridgehead atoms. The molecule has 0 aliphatic carbocycles. The van der Waals surface area contributed by atoms with Crippen LogP contribution < -0.4 is 10.9 Å². The van der Waals surface area contributed by atoms with Gasteiger partial charge in [0.2, 0.25) is 0 Å². The lowest BCUT2D eigenvalue weighted by atomic mass is 9.73. The fraction of sp³-hybridized carbons (Fsp3) is 0.667. The molecule has 2 fully saturated rings. The second-order valence-electron chi connectivity index (χ2n) is 6.21. The van der Waals surface area contributed by atoms with Crippen molar-refractivity contribution in [3.63, 3.8) is 0 Å². The van der Waals surface area contributed by atoms with E-state index in [-0.39, 0.29) is 11.5 Å². The Balaban J connectivity index is 1.70. The highest BCUT2D eigenvalue weighted by atomic mass is 16.2. The third-order valence-electron chi connectivity index (χ3n) is 4.88. The molecule has 1 aromatic rings. The molecule has 2 aliphatic heterocycles. The average molecular weight is 290 g/mol. The summed E-state index contributed by atoms with van der Waals surface area (Å²) in [6.45, 7) is 3.72. The van der Waals surface area contributed by atoms with Crippen molar-refractivity contribution in [3.05, 3.63) is 28.4 Å². The van der Waals surface area contributed by atoms with Gasteiger partial charge in [0.05, 0.1) is 12.4 Å². The van der Waals surface area contributed by atoms with E-state index in [9.17, 15) is 9.59 Å². The van der Waals surface area contributed by atoms with Gasteiger partial charge in [-0.15, -0.1) is 0 Å². The monoisotopic (exact) mass is 290 g/mol. The van der Waals surface area contributed by atoms with Crippen molar-refractivity contribution in [2.45, 2.75) is 32.1 Å². The predicted molar refractivity (Wildman–Crippen MR) is 79.1 cm³/mol. The van der Waals surface area contributed by atoms with Crippen LogP contribution in [0.25, 0.3) is 0 Å². The molecule has 6 heteroatoms. The van der Waals surface area contributed by atoms with Gasteiger partial charge in [0.1, 0.15) is 5.69 Å². The summed E-state index contributed by atoms with van der Waals surface area (Å²) in [7, 11) is 0. The van der Waals surface area contributed by atoms with Gasteiger partial charge in [-0.05, 0) is 50.6 Å². The van der Waals surface area contributed by atoms with E-state index < -0.39 is 0 Å². The van der Waals surface area contributed by atoms with Crippen LogP contribution >= 0.6 is 0 Å². The van der Waals surface area contributed by atoms with Gasteiger partial charge in [-0.2, -0.15) is 0 Å². The fourth-order valence-corrected chi connectivity index (χ4v) is 3.57. The van der Waals surface area contributed by atoms with Gasteiger partial charge in [-0.25, -0.2) is 0 Å². The molecule has 1 aromatic heterocycles. The van der Waals surface area contributed by atoms with E-state index in [0.717, 1.165) is 39.0 Å². The minimum Gasteiger partial charge on any atom is -0.337 e. The summed E-state index contributed by atoms with van der Waals surface area (Å²) in [6.07, 6.45) is 8.33. The number of hydrogen-bond donors (Lipinski definition) is 2. The lowest BCUT2D eigenvalue weighted by molar-refractivity contribution is 0.0744. The van der Waals surface area contributed by atoms with Gasteiger partial charge in [-0.3, -0.25) is 14.6 Å². The SMILES string of the molecule is O=C(c1cncc(=O)[nH]1)N1CCCC2(CCNCC2)CC1. The second-order valence-corrected chi connectivity index (χ2v) is 6.21. The van der Waals surface area contributed by atoms with Gasteiger partial charge in [0.25, 0.3) is 11.5 Å². The number of nitrogens with zero attached hydrogens (tertiary/aromatic N) is 2. The van der Waals surface area contributed by atoms with Crippen LogP contribution in [0.3, 0.4) is 0 Å². The molecular formula is C15H22N4O2. The van der Waals surface area contributed by atoms with Crippen molar-refractivity contribution in [2.75, 3.05) is 26.2 Å². The minimum absolute atomic E-state index is 0.105. The van der Waals surface area contributed by atoms with Gasteiger partial charge in [0, 0.05) is 13.1 Å². The second kappa shape index (κ2) is 5.97. The van der Waals surface area contributed by atoms with E-state index >= 15 is 0 Å². The Labute approximate surface area is 124 Å². The number of likely N-dealkylation sites (tertiary alicyclic amines) is 1. The number of carbonyl (C=O) groups excluding carboxylic acids is 1. The molecule has 0 aromatic carbocycles. The molecule has 21 heavy (non-hydrogen) atoms. The van der Waals surface area contributed by atoms with E-state index in [1.54, 1.807) is 0 Å². The summed E-state index contributed by atoms with van der Waals surface area (Å²) in [4.78, 5) is 32.0. The Morgan fingerprint density at radius 3 is 2.71 bits per heavy atom. The first kappa shape index (κ1) is 14.3. The highest BCUT2D eigenvalue weighted by molar-refractivity contribution is 5.91. The molecule has 0 atom stereocenters. The number of H-pyrrole nitrogens is 1. The van der Waals surface area contributed by atoms with Crippen molar-refractivity contribution in [1.29, 1.82) is 0 Å². The number of nitrogens with one attached hydrogen (secondary N) is 2. The Kier molecular flexibility index (Phi) is 4.05. The quantitative estimate of drug-likeness (QED) is 0.800. The molecular weight excluding hydrogens is 268 g/mol. The topological polar surface area (TPSA) is 78.1 Å². The van der Waals surface area contributed by atoms with Crippen LogP contribution in [-0.2, 0) is 0 Å². The Hall–Kier alpha value is -1.69. The van der Waals surface area contributed by atoms with Crippen LogP contribution in [0.15, 0.2) is 17.2 Å². The van der Waals surface area contributed by atoms with Crippen LogP contribution in [0.1, 0.15) is 42.6 Å². The molecule has 114 valence electrons. The number of amides is 1. The first-order chi connectivity index (χ1) is 10.2. The average Bonchev–Trinajstić information content (AvgIpc) is 2.70. The van der Waals surface area contributed by atoms with Crippen molar-refractivity contribution in [2.24, 2.45) is 5.41 Å². The smallest absolute Gasteiger partial charge is 0.271 e. The number of rotatable bonds is 1. The van der Waals surface area contributed by atoms with Gasteiger partial charge in [0.15, 0.2) is 0 Å². The van der Waals surface area contributed by atoms with Crippen LogP contribution in [0.4, 0.5) is 0 Å². The largest absolute Gasteiger partial charge is 0.337 e.